The van der Waals surface area contributed by atoms with E-state index in [1.54, 1.807) is 0 Å². The lowest BCUT2D eigenvalue weighted by molar-refractivity contribution is -0.133. The largest absolute Gasteiger partial charge is 0.342 e. The summed E-state index contributed by atoms with van der Waals surface area (Å²) in [5.41, 5.74) is 0. The Kier molecular flexibility index (Phi) is 3.55. The summed E-state index contributed by atoms with van der Waals surface area (Å²) >= 11 is 0. The van der Waals surface area contributed by atoms with Crippen LogP contribution in [0.2, 0.25) is 0 Å². The van der Waals surface area contributed by atoms with Gasteiger partial charge in [0.15, 0.2) is 0 Å². The molecule has 0 bridgehead atoms. The number of rotatable bonds is 5. The van der Waals surface area contributed by atoms with Crippen LogP contribution in [0.15, 0.2) is 0 Å². The van der Waals surface area contributed by atoms with Crippen molar-refractivity contribution in [1.82, 2.24) is 9.62 Å². The third kappa shape index (κ3) is 3.69. The summed E-state index contributed by atoms with van der Waals surface area (Å²) in [6.45, 7) is 1.40. The predicted octanol–water partition coefficient (Wildman–Crippen LogP) is 0.717. The summed E-state index contributed by atoms with van der Waals surface area (Å²) < 4.78 is 26.6. The van der Waals surface area contributed by atoms with Crippen molar-refractivity contribution in [2.75, 3.05) is 18.8 Å². The van der Waals surface area contributed by atoms with E-state index < -0.39 is 10.0 Å². The van der Waals surface area contributed by atoms with Gasteiger partial charge >= 0.3 is 0 Å². The second kappa shape index (κ2) is 5.05. The molecule has 1 aliphatic heterocycles. The first-order valence-corrected chi connectivity index (χ1v) is 8.97. The first kappa shape index (κ1) is 13.4. The van der Waals surface area contributed by atoms with E-state index in [0.29, 0.717) is 19.0 Å². The minimum Gasteiger partial charge on any atom is -0.342 e. The number of hydrogen-bond acceptors (Lipinski definition) is 3. The highest BCUT2D eigenvalue weighted by Crippen LogP contribution is 2.32. The van der Waals surface area contributed by atoms with Crippen LogP contribution >= 0.6 is 0 Å². The number of nitrogens with one attached hydrogen (secondary N) is 1. The zero-order chi connectivity index (χ0) is 13.5. The quantitative estimate of drug-likeness (QED) is 0.809. The van der Waals surface area contributed by atoms with Crippen molar-refractivity contribution in [3.05, 3.63) is 0 Å². The number of nitrogens with zero attached hydrogens (tertiary/aromatic N) is 1. The van der Waals surface area contributed by atoms with Crippen LogP contribution in [0.5, 0.6) is 0 Å². The zero-order valence-corrected chi connectivity index (χ0v) is 12.0. The maximum Gasteiger partial charge on any atom is 0.225 e. The molecule has 2 saturated carbocycles. The fourth-order valence-corrected chi connectivity index (χ4v) is 4.50. The lowest BCUT2D eigenvalue weighted by Gasteiger charge is -2.32. The molecular weight excluding hydrogens is 264 g/mol. The minimum atomic E-state index is -3.11. The van der Waals surface area contributed by atoms with Gasteiger partial charge in [-0.2, -0.15) is 0 Å². The van der Waals surface area contributed by atoms with Crippen molar-refractivity contribution in [2.24, 2.45) is 11.8 Å². The molecule has 1 heterocycles. The van der Waals surface area contributed by atoms with Gasteiger partial charge in [-0.25, -0.2) is 13.1 Å². The Morgan fingerprint density at radius 1 is 1.05 bits per heavy atom. The number of piperidine rings is 1. The average Bonchev–Trinajstić information content (AvgIpc) is 3.22. The Bertz CT molecular complexity index is 447. The van der Waals surface area contributed by atoms with Gasteiger partial charge in [-0.05, 0) is 44.4 Å². The summed E-state index contributed by atoms with van der Waals surface area (Å²) in [6, 6.07) is 0.0204. The van der Waals surface area contributed by atoms with Crippen molar-refractivity contribution in [3.63, 3.8) is 0 Å². The standard InChI is InChI=1S/C13H22N2O3S/c16-13(11-3-4-11)15-7-5-12(6-8-15)14-19(17,18)9-10-1-2-10/h10-12,14H,1-9H2. The number of hydrogen-bond donors (Lipinski definition) is 1. The molecular formula is C13H22N2O3S. The van der Waals surface area contributed by atoms with Crippen LogP contribution < -0.4 is 4.72 Å². The van der Waals surface area contributed by atoms with Gasteiger partial charge in [0.2, 0.25) is 15.9 Å². The molecule has 3 aliphatic rings. The maximum absolute atomic E-state index is 11.9. The highest BCUT2D eigenvalue weighted by atomic mass is 32.2. The normalized spacial score (nSPS) is 25.6. The molecule has 3 rings (SSSR count). The predicted molar refractivity (Wildman–Crippen MR) is 72.0 cm³/mol. The van der Waals surface area contributed by atoms with E-state index in [0.717, 1.165) is 38.5 Å². The number of carbonyl (C=O) groups is 1. The van der Waals surface area contributed by atoms with E-state index in [4.69, 9.17) is 0 Å². The molecule has 5 nitrogen and oxygen atoms in total. The molecule has 0 unspecified atom stereocenters. The van der Waals surface area contributed by atoms with Crippen LogP contribution in [0.4, 0.5) is 0 Å². The van der Waals surface area contributed by atoms with Gasteiger partial charge in [-0.3, -0.25) is 4.79 Å². The highest BCUT2D eigenvalue weighted by molar-refractivity contribution is 7.89. The van der Waals surface area contributed by atoms with Crippen molar-refractivity contribution in [2.45, 2.75) is 44.6 Å². The lowest BCUT2D eigenvalue weighted by atomic mass is 10.1. The average molecular weight is 286 g/mol. The molecule has 108 valence electrons. The topological polar surface area (TPSA) is 66.5 Å². The van der Waals surface area contributed by atoms with E-state index in [1.807, 2.05) is 4.90 Å². The van der Waals surface area contributed by atoms with Gasteiger partial charge < -0.3 is 4.90 Å². The monoisotopic (exact) mass is 286 g/mol. The van der Waals surface area contributed by atoms with E-state index in [1.165, 1.54) is 0 Å². The van der Waals surface area contributed by atoms with Crippen molar-refractivity contribution >= 4 is 15.9 Å². The third-order valence-electron chi connectivity index (χ3n) is 4.23. The number of sulfonamides is 1. The Morgan fingerprint density at radius 2 is 1.68 bits per heavy atom. The van der Waals surface area contributed by atoms with E-state index in [-0.39, 0.29) is 23.6 Å². The molecule has 0 aromatic carbocycles. The Hall–Kier alpha value is -0.620. The Morgan fingerprint density at radius 3 is 2.21 bits per heavy atom. The van der Waals surface area contributed by atoms with Crippen LogP contribution in [0, 0.1) is 11.8 Å². The van der Waals surface area contributed by atoms with Gasteiger partial charge in [-0.1, -0.05) is 0 Å². The van der Waals surface area contributed by atoms with Crippen molar-refractivity contribution in [3.8, 4) is 0 Å². The lowest BCUT2D eigenvalue weighted by Crippen LogP contribution is -2.47. The molecule has 3 fully saturated rings. The summed E-state index contributed by atoms with van der Waals surface area (Å²) in [6.07, 6.45) is 5.68. The van der Waals surface area contributed by atoms with Crippen molar-refractivity contribution in [1.29, 1.82) is 0 Å². The summed E-state index contributed by atoms with van der Waals surface area (Å²) in [5, 5.41) is 0. The zero-order valence-electron chi connectivity index (χ0n) is 11.2. The minimum absolute atomic E-state index is 0.0204. The van der Waals surface area contributed by atoms with Crippen LogP contribution in [0.1, 0.15) is 38.5 Å². The van der Waals surface area contributed by atoms with Gasteiger partial charge in [0, 0.05) is 25.0 Å². The van der Waals surface area contributed by atoms with E-state index >= 15 is 0 Å². The SMILES string of the molecule is O=C(C1CC1)N1CCC(NS(=O)(=O)CC2CC2)CC1. The van der Waals surface area contributed by atoms with Crippen LogP contribution in [-0.2, 0) is 14.8 Å². The van der Waals surface area contributed by atoms with Crippen molar-refractivity contribution < 1.29 is 13.2 Å². The molecule has 0 atom stereocenters. The van der Waals surface area contributed by atoms with Crippen LogP contribution in [0.25, 0.3) is 0 Å². The fraction of sp³-hybridized carbons (Fsp3) is 0.923. The molecule has 2 aliphatic carbocycles. The summed E-state index contributed by atoms with van der Waals surface area (Å²) in [7, 11) is -3.11. The Labute approximate surface area is 114 Å². The summed E-state index contributed by atoms with van der Waals surface area (Å²) in [4.78, 5) is 13.8. The molecule has 1 N–H and O–H groups in total. The first-order valence-electron chi connectivity index (χ1n) is 7.32. The van der Waals surface area contributed by atoms with Gasteiger partial charge in [0.05, 0.1) is 5.75 Å². The third-order valence-corrected chi connectivity index (χ3v) is 5.83. The number of likely N-dealkylation sites (tertiary alicyclic amines) is 1. The first-order chi connectivity index (χ1) is 9.03. The molecule has 6 heteroatoms. The molecule has 0 spiro atoms. The second-order valence-electron chi connectivity index (χ2n) is 6.22. The van der Waals surface area contributed by atoms with Gasteiger partial charge in [-0.15, -0.1) is 0 Å². The molecule has 0 radical (unpaired) electrons. The number of amides is 1. The molecule has 0 aromatic rings. The second-order valence-corrected chi connectivity index (χ2v) is 8.02. The fourth-order valence-electron chi connectivity index (χ4n) is 2.70. The van der Waals surface area contributed by atoms with Crippen LogP contribution in [0.3, 0.4) is 0 Å². The molecule has 0 aromatic heterocycles. The van der Waals surface area contributed by atoms with Gasteiger partial charge in [0.1, 0.15) is 0 Å². The van der Waals surface area contributed by atoms with Crippen LogP contribution in [-0.4, -0.2) is 44.1 Å². The molecule has 1 saturated heterocycles. The highest BCUT2D eigenvalue weighted by Gasteiger charge is 2.36. The summed E-state index contributed by atoms with van der Waals surface area (Å²) in [5.74, 6) is 1.21. The number of carbonyl (C=O) groups excluding carboxylic acids is 1. The smallest absolute Gasteiger partial charge is 0.225 e. The Balaban J connectivity index is 1.45. The van der Waals surface area contributed by atoms with Gasteiger partial charge in [0.25, 0.3) is 0 Å². The van der Waals surface area contributed by atoms with E-state index in [9.17, 15) is 13.2 Å². The molecule has 19 heavy (non-hydrogen) atoms. The molecule has 1 amide bonds. The maximum atomic E-state index is 11.9. The van der Waals surface area contributed by atoms with E-state index in [2.05, 4.69) is 4.72 Å².